The molecule has 3 heteroatoms. The van der Waals surface area contributed by atoms with Gasteiger partial charge in [-0.1, -0.05) is 26.2 Å². The number of ether oxygens (including phenoxy) is 1. The summed E-state index contributed by atoms with van der Waals surface area (Å²) in [5.74, 6) is 0.768. The molecular weight excluding hydrogens is 248 g/mol. The third kappa shape index (κ3) is 4.71. The Kier molecular flexibility index (Phi) is 6.79. The fourth-order valence-corrected chi connectivity index (χ4v) is 4.13. The molecule has 0 aromatic rings. The molecule has 1 atom stereocenters. The topological polar surface area (TPSA) is 24.5 Å². The molecule has 20 heavy (non-hydrogen) atoms. The molecule has 2 fully saturated rings. The van der Waals surface area contributed by atoms with E-state index < -0.39 is 0 Å². The first-order chi connectivity index (χ1) is 9.78. The first kappa shape index (κ1) is 16.3. The Morgan fingerprint density at radius 1 is 1.25 bits per heavy atom. The molecule has 1 saturated carbocycles. The average molecular weight is 282 g/mol. The van der Waals surface area contributed by atoms with Gasteiger partial charge in [-0.15, -0.1) is 0 Å². The summed E-state index contributed by atoms with van der Waals surface area (Å²) in [6.07, 6.45) is 9.74. The maximum Gasteiger partial charge on any atom is 0.0503 e. The van der Waals surface area contributed by atoms with E-state index in [1.807, 2.05) is 7.11 Å². The number of hydrogen-bond donors (Lipinski definition) is 1. The van der Waals surface area contributed by atoms with Crippen molar-refractivity contribution in [2.24, 2.45) is 11.3 Å². The van der Waals surface area contributed by atoms with Crippen LogP contribution in [0.1, 0.15) is 51.9 Å². The van der Waals surface area contributed by atoms with Crippen LogP contribution < -0.4 is 5.32 Å². The quantitative estimate of drug-likeness (QED) is 0.693. The van der Waals surface area contributed by atoms with Gasteiger partial charge in [0.1, 0.15) is 0 Å². The van der Waals surface area contributed by atoms with Crippen LogP contribution in [0.5, 0.6) is 0 Å². The molecule has 0 bridgehead atoms. The number of likely N-dealkylation sites (tertiary alicyclic amines) is 1. The molecule has 1 heterocycles. The highest BCUT2D eigenvalue weighted by molar-refractivity contribution is 4.90. The van der Waals surface area contributed by atoms with E-state index in [9.17, 15) is 0 Å². The van der Waals surface area contributed by atoms with Gasteiger partial charge < -0.3 is 15.0 Å². The molecule has 0 radical (unpaired) electrons. The van der Waals surface area contributed by atoms with E-state index in [0.29, 0.717) is 5.41 Å². The maximum atomic E-state index is 5.33. The van der Waals surface area contributed by atoms with Crippen LogP contribution >= 0.6 is 0 Å². The molecule has 1 aliphatic carbocycles. The highest BCUT2D eigenvalue weighted by Crippen LogP contribution is 2.37. The van der Waals surface area contributed by atoms with Crippen molar-refractivity contribution in [1.82, 2.24) is 10.2 Å². The van der Waals surface area contributed by atoms with Gasteiger partial charge in [0.25, 0.3) is 0 Å². The van der Waals surface area contributed by atoms with Gasteiger partial charge in [0.2, 0.25) is 0 Å². The van der Waals surface area contributed by atoms with Crippen molar-refractivity contribution in [3.8, 4) is 0 Å². The molecule has 0 aromatic heterocycles. The van der Waals surface area contributed by atoms with Crippen molar-refractivity contribution in [1.29, 1.82) is 0 Å². The Hall–Kier alpha value is -0.120. The lowest BCUT2D eigenvalue weighted by Gasteiger charge is -2.40. The second-order valence-corrected chi connectivity index (χ2v) is 7.08. The van der Waals surface area contributed by atoms with Crippen LogP contribution in [0, 0.1) is 11.3 Å². The molecule has 1 unspecified atom stereocenters. The van der Waals surface area contributed by atoms with Gasteiger partial charge in [0.15, 0.2) is 0 Å². The van der Waals surface area contributed by atoms with Crippen molar-refractivity contribution in [2.75, 3.05) is 46.4 Å². The molecule has 2 rings (SSSR count). The van der Waals surface area contributed by atoms with Crippen molar-refractivity contribution in [2.45, 2.75) is 51.9 Å². The molecule has 0 amide bonds. The van der Waals surface area contributed by atoms with Crippen LogP contribution in [0.15, 0.2) is 0 Å². The second-order valence-electron chi connectivity index (χ2n) is 7.08. The highest BCUT2D eigenvalue weighted by Gasteiger charge is 2.35. The van der Waals surface area contributed by atoms with E-state index >= 15 is 0 Å². The minimum atomic E-state index is 0.551. The lowest BCUT2D eigenvalue weighted by molar-refractivity contribution is 0.106. The van der Waals surface area contributed by atoms with Crippen molar-refractivity contribution >= 4 is 0 Å². The maximum absolute atomic E-state index is 5.33. The van der Waals surface area contributed by atoms with Gasteiger partial charge in [-0.2, -0.15) is 0 Å². The Balaban J connectivity index is 1.84. The van der Waals surface area contributed by atoms with E-state index in [1.165, 1.54) is 77.7 Å². The predicted octanol–water partition coefficient (Wildman–Crippen LogP) is 2.90. The normalized spacial score (nSPS) is 27.0. The smallest absolute Gasteiger partial charge is 0.0503 e. The number of nitrogens with zero attached hydrogens (tertiary/aromatic N) is 1. The molecular formula is C17H34N2O. The Labute approximate surface area is 125 Å². The van der Waals surface area contributed by atoms with E-state index in [4.69, 9.17) is 4.74 Å². The van der Waals surface area contributed by atoms with Crippen molar-refractivity contribution in [3.05, 3.63) is 0 Å². The minimum Gasteiger partial charge on any atom is -0.384 e. The van der Waals surface area contributed by atoms with Crippen LogP contribution in [0.3, 0.4) is 0 Å². The third-order valence-corrected chi connectivity index (χ3v) is 5.17. The average Bonchev–Trinajstić information content (AvgIpc) is 2.88. The minimum absolute atomic E-state index is 0.551. The van der Waals surface area contributed by atoms with Crippen LogP contribution in [0.2, 0.25) is 0 Å². The molecule has 1 saturated heterocycles. The first-order valence-electron chi connectivity index (χ1n) is 8.70. The fraction of sp³-hybridized carbons (Fsp3) is 1.00. The van der Waals surface area contributed by atoms with Gasteiger partial charge in [0, 0.05) is 26.7 Å². The second kappa shape index (κ2) is 8.35. The van der Waals surface area contributed by atoms with Crippen LogP contribution in [0.4, 0.5) is 0 Å². The lowest BCUT2D eigenvalue weighted by atomic mass is 9.73. The SMILES string of the molecule is CCCNCC1(CN2CCC(COC)C2)CCCCC1. The van der Waals surface area contributed by atoms with E-state index in [2.05, 4.69) is 17.1 Å². The zero-order valence-electron chi connectivity index (χ0n) is 13.6. The summed E-state index contributed by atoms with van der Waals surface area (Å²) in [6, 6.07) is 0. The number of hydrogen-bond acceptors (Lipinski definition) is 3. The van der Waals surface area contributed by atoms with Crippen LogP contribution in [-0.4, -0.2) is 51.3 Å². The van der Waals surface area contributed by atoms with Gasteiger partial charge in [0.05, 0.1) is 6.61 Å². The third-order valence-electron chi connectivity index (χ3n) is 5.17. The lowest BCUT2D eigenvalue weighted by Crippen LogP contribution is -2.45. The summed E-state index contributed by atoms with van der Waals surface area (Å²) in [4.78, 5) is 2.71. The van der Waals surface area contributed by atoms with Gasteiger partial charge in [-0.3, -0.25) is 0 Å². The summed E-state index contributed by atoms with van der Waals surface area (Å²) in [5, 5.41) is 3.70. The van der Waals surface area contributed by atoms with Crippen molar-refractivity contribution < 1.29 is 4.74 Å². The predicted molar refractivity (Wildman–Crippen MR) is 85.1 cm³/mol. The van der Waals surface area contributed by atoms with Gasteiger partial charge in [-0.05, 0) is 50.1 Å². The number of nitrogens with one attached hydrogen (secondary N) is 1. The number of methoxy groups -OCH3 is 1. The Morgan fingerprint density at radius 3 is 2.75 bits per heavy atom. The molecule has 0 spiro atoms. The molecule has 3 nitrogen and oxygen atoms in total. The molecule has 1 N–H and O–H groups in total. The molecule has 0 aromatic carbocycles. The largest absolute Gasteiger partial charge is 0.384 e. The number of rotatable bonds is 8. The van der Waals surface area contributed by atoms with Crippen LogP contribution in [-0.2, 0) is 4.74 Å². The van der Waals surface area contributed by atoms with Crippen LogP contribution in [0.25, 0.3) is 0 Å². The van der Waals surface area contributed by atoms with E-state index in [-0.39, 0.29) is 0 Å². The summed E-state index contributed by atoms with van der Waals surface area (Å²) in [5.41, 5.74) is 0.551. The van der Waals surface area contributed by atoms with Gasteiger partial charge in [-0.25, -0.2) is 0 Å². The molecule has 1 aliphatic heterocycles. The van der Waals surface area contributed by atoms with E-state index in [1.54, 1.807) is 0 Å². The highest BCUT2D eigenvalue weighted by atomic mass is 16.5. The molecule has 118 valence electrons. The Morgan fingerprint density at radius 2 is 2.05 bits per heavy atom. The van der Waals surface area contributed by atoms with Gasteiger partial charge >= 0.3 is 0 Å². The summed E-state index contributed by atoms with van der Waals surface area (Å²) in [6.45, 7) is 9.45. The standard InChI is InChI=1S/C17H34N2O/c1-3-10-18-14-17(8-5-4-6-9-17)15-19-11-7-16(12-19)13-20-2/h16,18H,3-15H2,1-2H3. The zero-order valence-corrected chi connectivity index (χ0v) is 13.6. The van der Waals surface area contributed by atoms with Crippen molar-refractivity contribution in [3.63, 3.8) is 0 Å². The Bertz CT molecular complexity index is 264. The monoisotopic (exact) mass is 282 g/mol. The summed E-state index contributed by atoms with van der Waals surface area (Å²) in [7, 11) is 1.83. The van der Waals surface area contributed by atoms with E-state index in [0.717, 1.165) is 12.5 Å². The first-order valence-corrected chi connectivity index (χ1v) is 8.70. The fourth-order valence-electron chi connectivity index (χ4n) is 4.13. The zero-order chi connectivity index (χ0) is 14.3. The molecule has 2 aliphatic rings. The summed E-state index contributed by atoms with van der Waals surface area (Å²) < 4.78 is 5.33. The summed E-state index contributed by atoms with van der Waals surface area (Å²) >= 11 is 0.